The molecule has 3 aromatic rings. The minimum Gasteiger partial charge on any atom is -0.464 e. The monoisotopic (exact) mass is 490 g/mol. The lowest BCUT2D eigenvalue weighted by Gasteiger charge is -2.40. The number of thiazole rings is 1. The zero-order valence-corrected chi connectivity index (χ0v) is 20.1. The van der Waals surface area contributed by atoms with Gasteiger partial charge >= 0.3 is 5.97 Å². The number of anilines is 2. The fraction of sp³-hybridized carbons (Fsp3) is 0.240. The molecule has 0 bridgehead atoms. The average Bonchev–Trinajstić information content (AvgIpc) is 3.41. The van der Waals surface area contributed by atoms with Crippen LogP contribution >= 0.6 is 11.3 Å². The summed E-state index contributed by atoms with van der Waals surface area (Å²) in [5, 5.41) is 2.95. The Morgan fingerprint density at radius 1 is 1.06 bits per heavy atom. The van der Waals surface area contributed by atoms with Crippen molar-refractivity contribution in [3.8, 4) is 0 Å². The lowest BCUT2D eigenvalue weighted by Crippen LogP contribution is -2.50. The lowest BCUT2D eigenvalue weighted by atomic mass is 10.0. The highest BCUT2D eigenvalue weighted by atomic mass is 32.1. The third-order valence-electron chi connectivity index (χ3n) is 6.00. The molecule has 2 aromatic carbocycles. The number of fused-ring (bicyclic) bond motifs is 5. The van der Waals surface area contributed by atoms with Crippen LogP contribution in [0.25, 0.3) is 0 Å². The molecule has 0 unspecified atom stereocenters. The van der Waals surface area contributed by atoms with Crippen LogP contribution in [-0.4, -0.2) is 47.2 Å². The molecule has 35 heavy (non-hydrogen) atoms. The molecular weight excluding hydrogens is 468 g/mol. The Labute approximate surface area is 205 Å². The molecule has 178 valence electrons. The Balaban J connectivity index is 1.47. The molecule has 1 aromatic heterocycles. The smallest absolute Gasteiger partial charge is 0.357 e. The van der Waals surface area contributed by atoms with Gasteiger partial charge in [-0.1, -0.05) is 44.2 Å². The molecule has 10 heteroatoms. The molecule has 1 atom stereocenters. The summed E-state index contributed by atoms with van der Waals surface area (Å²) in [5.41, 5.74) is 2.19. The van der Waals surface area contributed by atoms with E-state index < -0.39 is 18.0 Å². The van der Waals surface area contributed by atoms with E-state index in [9.17, 15) is 19.2 Å². The first kappa shape index (κ1) is 22.7. The van der Waals surface area contributed by atoms with E-state index in [1.165, 1.54) is 23.3 Å². The molecule has 0 saturated heterocycles. The first-order valence-electron chi connectivity index (χ1n) is 11.0. The van der Waals surface area contributed by atoms with Crippen LogP contribution in [0.3, 0.4) is 0 Å². The molecule has 0 fully saturated rings. The van der Waals surface area contributed by atoms with Crippen molar-refractivity contribution in [2.45, 2.75) is 25.9 Å². The van der Waals surface area contributed by atoms with Gasteiger partial charge in [-0.15, -0.1) is 11.3 Å². The fourth-order valence-corrected chi connectivity index (χ4v) is 5.44. The summed E-state index contributed by atoms with van der Waals surface area (Å²) >= 11 is 1.19. The Hall–Kier alpha value is -4.05. The van der Waals surface area contributed by atoms with Crippen LogP contribution in [0.1, 0.15) is 67.6 Å². The van der Waals surface area contributed by atoms with E-state index in [2.05, 4.69) is 10.3 Å². The summed E-state index contributed by atoms with van der Waals surface area (Å²) < 4.78 is 4.81. The number of amides is 3. The van der Waals surface area contributed by atoms with Crippen molar-refractivity contribution in [1.82, 2.24) is 9.88 Å². The number of para-hydroxylation sites is 1. The zero-order chi connectivity index (χ0) is 24.9. The molecule has 2 aliphatic rings. The van der Waals surface area contributed by atoms with Gasteiger partial charge in [-0.2, -0.15) is 0 Å². The van der Waals surface area contributed by atoms with Crippen molar-refractivity contribution >= 4 is 45.8 Å². The SMILES string of the molecule is COC(=O)c1nc(NC(=O)CN2C(=O)c3ccccc3N3C(=O)c4ccccc4[C@H]23)sc1C(C)C. The molecular formula is C25H22N4O5S. The van der Waals surface area contributed by atoms with Gasteiger partial charge in [0.15, 0.2) is 10.8 Å². The number of carbonyl (C=O) groups excluding carboxylic acids is 4. The largest absolute Gasteiger partial charge is 0.464 e. The van der Waals surface area contributed by atoms with Gasteiger partial charge in [0.1, 0.15) is 12.7 Å². The molecule has 1 N–H and O–H groups in total. The van der Waals surface area contributed by atoms with Gasteiger partial charge in [0.25, 0.3) is 11.8 Å². The number of benzene rings is 2. The van der Waals surface area contributed by atoms with Gasteiger partial charge in [-0.25, -0.2) is 9.78 Å². The Morgan fingerprint density at radius 3 is 2.46 bits per heavy atom. The summed E-state index contributed by atoms with van der Waals surface area (Å²) in [7, 11) is 1.27. The summed E-state index contributed by atoms with van der Waals surface area (Å²) in [6.07, 6.45) is -0.736. The third kappa shape index (κ3) is 3.66. The van der Waals surface area contributed by atoms with Crippen molar-refractivity contribution in [1.29, 1.82) is 0 Å². The normalized spacial score (nSPS) is 16.2. The van der Waals surface area contributed by atoms with Crippen molar-refractivity contribution < 1.29 is 23.9 Å². The number of esters is 1. The van der Waals surface area contributed by atoms with Gasteiger partial charge in [-0.3, -0.25) is 19.3 Å². The third-order valence-corrected chi connectivity index (χ3v) is 7.27. The van der Waals surface area contributed by atoms with Crippen LogP contribution < -0.4 is 10.2 Å². The van der Waals surface area contributed by atoms with Gasteiger partial charge in [0, 0.05) is 16.0 Å². The number of nitrogens with one attached hydrogen (secondary N) is 1. The lowest BCUT2D eigenvalue weighted by molar-refractivity contribution is -0.117. The number of hydrogen-bond acceptors (Lipinski definition) is 7. The van der Waals surface area contributed by atoms with Crippen molar-refractivity contribution in [3.05, 3.63) is 75.8 Å². The predicted molar refractivity (Wildman–Crippen MR) is 130 cm³/mol. The van der Waals surface area contributed by atoms with Gasteiger partial charge in [0.2, 0.25) is 5.91 Å². The van der Waals surface area contributed by atoms with Crippen molar-refractivity contribution in [2.75, 3.05) is 23.9 Å². The Morgan fingerprint density at radius 2 is 1.74 bits per heavy atom. The summed E-state index contributed by atoms with van der Waals surface area (Å²) in [5.74, 6) is -1.64. The number of methoxy groups -OCH3 is 1. The highest BCUT2D eigenvalue weighted by molar-refractivity contribution is 7.16. The topological polar surface area (TPSA) is 109 Å². The first-order chi connectivity index (χ1) is 16.8. The number of aromatic nitrogens is 1. The van der Waals surface area contributed by atoms with E-state index in [0.29, 0.717) is 27.3 Å². The van der Waals surface area contributed by atoms with E-state index in [4.69, 9.17) is 4.74 Å². The van der Waals surface area contributed by atoms with Gasteiger partial charge in [0.05, 0.1) is 18.4 Å². The minimum absolute atomic E-state index is 0.00184. The second-order valence-corrected chi connectivity index (χ2v) is 9.54. The van der Waals surface area contributed by atoms with E-state index in [1.807, 2.05) is 13.8 Å². The summed E-state index contributed by atoms with van der Waals surface area (Å²) in [4.78, 5) is 59.8. The molecule has 2 aliphatic heterocycles. The van der Waals surface area contributed by atoms with E-state index in [1.54, 1.807) is 53.4 Å². The molecule has 5 rings (SSSR count). The van der Waals surface area contributed by atoms with Crippen LogP contribution in [0.5, 0.6) is 0 Å². The maximum absolute atomic E-state index is 13.5. The van der Waals surface area contributed by atoms with E-state index in [0.717, 1.165) is 0 Å². The fourth-order valence-electron chi connectivity index (χ4n) is 4.47. The average molecular weight is 491 g/mol. The molecule has 0 aliphatic carbocycles. The number of nitrogens with zero attached hydrogens (tertiary/aromatic N) is 3. The van der Waals surface area contributed by atoms with E-state index in [-0.39, 0.29) is 35.1 Å². The zero-order valence-electron chi connectivity index (χ0n) is 19.3. The number of hydrogen-bond donors (Lipinski definition) is 1. The molecule has 3 amide bonds. The maximum Gasteiger partial charge on any atom is 0.357 e. The molecule has 0 radical (unpaired) electrons. The molecule has 9 nitrogen and oxygen atoms in total. The predicted octanol–water partition coefficient (Wildman–Crippen LogP) is 3.81. The summed E-state index contributed by atoms with van der Waals surface area (Å²) in [6, 6.07) is 14.0. The second kappa shape index (κ2) is 8.62. The van der Waals surface area contributed by atoms with Crippen LogP contribution in [0, 0.1) is 0 Å². The van der Waals surface area contributed by atoms with Crippen LogP contribution in [-0.2, 0) is 9.53 Å². The van der Waals surface area contributed by atoms with Crippen LogP contribution in [0.4, 0.5) is 10.8 Å². The molecule has 0 spiro atoms. The van der Waals surface area contributed by atoms with Crippen molar-refractivity contribution in [2.24, 2.45) is 0 Å². The maximum atomic E-state index is 13.5. The Kier molecular flexibility index (Phi) is 5.60. The van der Waals surface area contributed by atoms with Crippen LogP contribution in [0.2, 0.25) is 0 Å². The van der Waals surface area contributed by atoms with Crippen LogP contribution in [0.15, 0.2) is 48.5 Å². The number of rotatable bonds is 5. The molecule has 3 heterocycles. The van der Waals surface area contributed by atoms with Gasteiger partial charge < -0.3 is 15.0 Å². The van der Waals surface area contributed by atoms with Gasteiger partial charge in [-0.05, 0) is 24.1 Å². The Bertz CT molecular complexity index is 1380. The highest BCUT2D eigenvalue weighted by Gasteiger charge is 2.48. The van der Waals surface area contributed by atoms with Crippen molar-refractivity contribution in [3.63, 3.8) is 0 Å². The standard InChI is InChI=1S/C25H22N4O5S/c1-13(2)20-19(24(33)34-3)27-25(35-20)26-18(30)12-28-21-14-8-4-5-9-15(14)23(32)29(21)17-11-7-6-10-16(17)22(28)31/h4-11,13,21H,12H2,1-3H3,(H,26,27,30)/t21-/m1/s1. The summed E-state index contributed by atoms with van der Waals surface area (Å²) in [6.45, 7) is 3.52. The minimum atomic E-state index is -0.736. The van der Waals surface area contributed by atoms with E-state index >= 15 is 0 Å². The molecule has 0 saturated carbocycles. The second-order valence-electron chi connectivity index (χ2n) is 8.51. The quantitative estimate of drug-likeness (QED) is 0.545. The number of ether oxygens (including phenoxy) is 1. The first-order valence-corrected chi connectivity index (χ1v) is 11.8. The highest BCUT2D eigenvalue weighted by Crippen LogP contribution is 2.45. The number of carbonyl (C=O) groups is 4.